The van der Waals surface area contributed by atoms with Crippen LogP contribution in [-0.4, -0.2) is 14.3 Å². The molecule has 1 heterocycles. The fraction of sp³-hybridized carbons (Fsp3) is 0.188. The van der Waals surface area contributed by atoms with E-state index in [9.17, 15) is 26.4 Å². The first-order chi connectivity index (χ1) is 11.6. The minimum Gasteiger partial charge on any atom is -0.326 e. The van der Waals surface area contributed by atoms with Crippen LogP contribution in [0.15, 0.2) is 47.4 Å². The minimum atomic E-state index is -4.44. The summed E-state index contributed by atoms with van der Waals surface area (Å²) in [5, 5.41) is 2.61. The number of anilines is 1. The molecule has 0 aliphatic carbocycles. The van der Waals surface area contributed by atoms with E-state index in [0.29, 0.717) is 16.8 Å². The number of amides is 1. The lowest BCUT2D eigenvalue weighted by atomic mass is 10.1. The Morgan fingerprint density at radius 1 is 1.08 bits per heavy atom. The highest BCUT2D eigenvalue weighted by molar-refractivity contribution is 7.89. The van der Waals surface area contributed by atoms with Crippen molar-refractivity contribution in [3.63, 3.8) is 0 Å². The van der Waals surface area contributed by atoms with Gasteiger partial charge in [-0.25, -0.2) is 13.1 Å². The van der Waals surface area contributed by atoms with Gasteiger partial charge in [-0.2, -0.15) is 13.2 Å². The van der Waals surface area contributed by atoms with Gasteiger partial charge < -0.3 is 5.32 Å². The maximum atomic E-state index is 12.5. The number of sulfonamides is 1. The number of fused-ring (bicyclic) bond motifs is 1. The van der Waals surface area contributed by atoms with Crippen LogP contribution in [0.2, 0.25) is 0 Å². The van der Waals surface area contributed by atoms with Gasteiger partial charge in [-0.1, -0.05) is 12.1 Å². The van der Waals surface area contributed by atoms with E-state index in [4.69, 9.17) is 0 Å². The molecule has 2 N–H and O–H groups in total. The van der Waals surface area contributed by atoms with Gasteiger partial charge in [0.25, 0.3) is 0 Å². The van der Waals surface area contributed by atoms with Crippen LogP contribution in [0.4, 0.5) is 18.9 Å². The molecule has 1 aliphatic rings. The van der Waals surface area contributed by atoms with Crippen LogP contribution in [0.1, 0.15) is 16.7 Å². The van der Waals surface area contributed by atoms with E-state index >= 15 is 0 Å². The molecule has 0 aromatic heterocycles. The van der Waals surface area contributed by atoms with Crippen LogP contribution in [-0.2, 0) is 34.0 Å². The van der Waals surface area contributed by atoms with Crippen molar-refractivity contribution in [1.82, 2.24) is 4.72 Å². The predicted octanol–water partition coefficient (Wildman–Crippen LogP) is 2.68. The quantitative estimate of drug-likeness (QED) is 0.869. The van der Waals surface area contributed by atoms with E-state index in [-0.39, 0.29) is 23.8 Å². The number of carbonyl (C=O) groups excluding carboxylic acids is 1. The van der Waals surface area contributed by atoms with Crippen molar-refractivity contribution in [3.05, 3.63) is 59.2 Å². The van der Waals surface area contributed by atoms with Gasteiger partial charge in [0.15, 0.2) is 0 Å². The van der Waals surface area contributed by atoms with Crippen LogP contribution in [0.3, 0.4) is 0 Å². The monoisotopic (exact) mass is 370 g/mol. The number of rotatable bonds is 4. The molecule has 3 rings (SSSR count). The Balaban J connectivity index is 1.72. The van der Waals surface area contributed by atoms with Crippen LogP contribution in [0.5, 0.6) is 0 Å². The third kappa shape index (κ3) is 3.83. The van der Waals surface area contributed by atoms with Gasteiger partial charge >= 0.3 is 6.18 Å². The highest BCUT2D eigenvalue weighted by Crippen LogP contribution is 2.29. The van der Waals surface area contributed by atoms with Crippen molar-refractivity contribution < 1.29 is 26.4 Å². The lowest BCUT2D eigenvalue weighted by Crippen LogP contribution is -2.23. The molecule has 0 atom stereocenters. The van der Waals surface area contributed by atoms with Gasteiger partial charge in [0, 0.05) is 12.2 Å². The fourth-order valence-electron chi connectivity index (χ4n) is 2.45. The van der Waals surface area contributed by atoms with Crippen molar-refractivity contribution in [2.75, 3.05) is 5.32 Å². The summed E-state index contributed by atoms with van der Waals surface area (Å²) in [6.45, 7) is -0.144. The number of nitrogens with one attached hydrogen (secondary N) is 2. The van der Waals surface area contributed by atoms with Crippen LogP contribution >= 0.6 is 0 Å². The van der Waals surface area contributed by atoms with E-state index in [1.54, 1.807) is 0 Å². The lowest BCUT2D eigenvalue weighted by Gasteiger charge is -2.10. The second kappa shape index (κ2) is 6.16. The number of carbonyl (C=O) groups is 1. The predicted molar refractivity (Wildman–Crippen MR) is 84.2 cm³/mol. The second-order valence-corrected chi connectivity index (χ2v) is 7.33. The first-order valence-corrected chi connectivity index (χ1v) is 8.72. The normalized spacial score (nSPS) is 14.3. The second-order valence-electron chi connectivity index (χ2n) is 5.56. The summed E-state index contributed by atoms with van der Waals surface area (Å²) < 4.78 is 64.5. The minimum absolute atomic E-state index is 0.00494. The molecular weight excluding hydrogens is 357 g/mol. The van der Waals surface area contributed by atoms with Crippen LogP contribution < -0.4 is 10.0 Å². The summed E-state index contributed by atoms with van der Waals surface area (Å²) in [7, 11) is -3.85. The molecule has 0 fully saturated rings. The topological polar surface area (TPSA) is 75.3 Å². The molecule has 0 saturated heterocycles. The average molecular weight is 370 g/mol. The lowest BCUT2D eigenvalue weighted by molar-refractivity contribution is -0.137. The Kier molecular flexibility index (Phi) is 4.29. The maximum absolute atomic E-state index is 12.5. The molecule has 0 spiro atoms. The van der Waals surface area contributed by atoms with E-state index < -0.39 is 21.8 Å². The summed E-state index contributed by atoms with van der Waals surface area (Å²) in [5.41, 5.74) is 0.763. The molecule has 25 heavy (non-hydrogen) atoms. The highest BCUT2D eigenvalue weighted by Gasteiger charge is 2.30. The molecule has 2 aromatic carbocycles. The number of alkyl halides is 3. The maximum Gasteiger partial charge on any atom is 0.416 e. The summed E-state index contributed by atoms with van der Waals surface area (Å²) in [5.74, 6) is -0.206. The zero-order valence-corrected chi connectivity index (χ0v) is 13.5. The number of halogens is 3. The van der Waals surface area contributed by atoms with E-state index in [0.717, 1.165) is 12.1 Å². The Morgan fingerprint density at radius 3 is 2.40 bits per heavy atom. The number of hydrogen-bond donors (Lipinski definition) is 2. The number of benzene rings is 2. The molecule has 1 amide bonds. The van der Waals surface area contributed by atoms with Gasteiger partial charge in [-0.15, -0.1) is 0 Å². The Hall–Kier alpha value is -2.39. The molecule has 0 unspecified atom stereocenters. The third-order valence-corrected chi connectivity index (χ3v) is 5.16. The first kappa shape index (κ1) is 17.4. The Labute approximate surface area is 141 Å². The summed E-state index contributed by atoms with van der Waals surface area (Å²) in [6, 6.07) is 8.51. The summed E-state index contributed by atoms with van der Waals surface area (Å²) in [4.78, 5) is 11.3. The molecule has 5 nitrogen and oxygen atoms in total. The van der Waals surface area contributed by atoms with Crippen molar-refractivity contribution in [2.45, 2.75) is 24.0 Å². The van der Waals surface area contributed by atoms with Crippen molar-refractivity contribution in [2.24, 2.45) is 0 Å². The van der Waals surface area contributed by atoms with Gasteiger partial charge in [0.05, 0.1) is 16.9 Å². The molecule has 0 saturated carbocycles. The van der Waals surface area contributed by atoms with Gasteiger partial charge in [0.1, 0.15) is 0 Å². The van der Waals surface area contributed by atoms with E-state index in [1.165, 1.54) is 30.3 Å². The van der Waals surface area contributed by atoms with Crippen LogP contribution in [0, 0.1) is 0 Å². The molecule has 9 heteroatoms. The first-order valence-electron chi connectivity index (χ1n) is 7.24. The third-order valence-electron chi connectivity index (χ3n) is 3.76. The van der Waals surface area contributed by atoms with Crippen LogP contribution in [0.25, 0.3) is 0 Å². The molecule has 0 bridgehead atoms. The average Bonchev–Trinajstić information content (AvgIpc) is 2.91. The van der Waals surface area contributed by atoms with Crippen molar-refractivity contribution in [3.8, 4) is 0 Å². The zero-order chi connectivity index (χ0) is 18.2. The molecular formula is C16H13F3N2O3S. The molecule has 0 radical (unpaired) electrons. The fourth-order valence-corrected chi connectivity index (χ4v) is 3.51. The molecule has 132 valence electrons. The largest absolute Gasteiger partial charge is 0.416 e. The smallest absolute Gasteiger partial charge is 0.326 e. The summed E-state index contributed by atoms with van der Waals surface area (Å²) >= 11 is 0. The van der Waals surface area contributed by atoms with Crippen molar-refractivity contribution in [1.29, 1.82) is 0 Å². The molecule has 2 aromatic rings. The Morgan fingerprint density at radius 2 is 1.76 bits per heavy atom. The Bertz CT molecular complexity index is 923. The summed E-state index contributed by atoms with van der Waals surface area (Å²) in [6.07, 6.45) is -4.33. The SMILES string of the molecule is O=C1Cc2cc(S(=O)(=O)NCc3ccc(C(F)(F)F)cc3)ccc2N1. The number of hydrogen-bond acceptors (Lipinski definition) is 3. The van der Waals surface area contributed by atoms with E-state index in [2.05, 4.69) is 10.0 Å². The molecule has 1 aliphatic heterocycles. The van der Waals surface area contributed by atoms with E-state index in [1.807, 2.05) is 0 Å². The zero-order valence-electron chi connectivity index (χ0n) is 12.7. The standard InChI is InChI=1S/C16H13F3N2O3S/c17-16(18,19)12-3-1-10(2-4-12)9-20-25(23,24)13-5-6-14-11(7-13)8-15(22)21-14/h1-7,20H,8-9H2,(H,21,22). The van der Waals surface area contributed by atoms with Crippen molar-refractivity contribution >= 4 is 21.6 Å². The highest BCUT2D eigenvalue weighted by atomic mass is 32.2. The van der Waals surface area contributed by atoms with Gasteiger partial charge in [-0.05, 0) is 41.5 Å². The van der Waals surface area contributed by atoms with Gasteiger partial charge in [0.2, 0.25) is 15.9 Å². The van der Waals surface area contributed by atoms with Gasteiger partial charge in [-0.3, -0.25) is 4.79 Å².